The molecule has 1 heterocycles. The molecule has 0 aromatic rings. The average molecular weight is 387 g/mol. The summed E-state index contributed by atoms with van der Waals surface area (Å²) in [5.41, 5.74) is 0.621. The van der Waals surface area contributed by atoms with Crippen LogP contribution in [0.2, 0.25) is 0 Å². The molecule has 2 heteroatoms. The minimum Gasteiger partial charge on any atom is -0.381 e. The second-order valence-corrected chi connectivity index (χ2v) is 11.8. The van der Waals surface area contributed by atoms with Gasteiger partial charge in [-0.3, -0.25) is 4.79 Å². The van der Waals surface area contributed by atoms with E-state index in [-0.39, 0.29) is 5.41 Å². The summed E-state index contributed by atoms with van der Waals surface area (Å²) in [5, 5.41) is 0. The van der Waals surface area contributed by atoms with Crippen LogP contribution < -0.4 is 0 Å². The molecule has 5 fully saturated rings. The van der Waals surface area contributed by atoms with Crippen molar-refractivity contribution < 1.29 is 9.53 Å². The van der Waals surface area contributed by atoms with Gasteiger partial charge in [0.15, 0.2) is 0 Å². The fourth-order valence-corrected chi connectivity index (χ4v) is 8.89. The van der Waals surface area contributed by atoms with E-state index >= 15 is 0 Å². The first-order chi connectivity index (χ1) is 13.5. The van der Waals surface area contributed by atoms with Crippen LogP contribution in [0.3, 0.4) is 0 Å². The topological polar surface area (TPSA) is 26.3 Å². The zero-order valence-corrected chi connectivity index (χ0v) is 18.4. The predicted molar refractivity (Wildman–Crippen MR) is 113 cm³/mol. The third kappa shape index (κ3) is 3.12. The molecule has 28 heavy (non-hydrogen) atoms. The monoisotopic (exact) mass is 386 g/mol. The molecule has 5 rings (SSSR count). The van der Waals surface area contributed by atoms with Crippen LogP contribution in [0, 0.1) is 46.3 Å². The summed E-state index contributed by atoms with van der Waals surface area (Å²) in [6.45, 7) is 7.00. The van der Waals surface area contributed by atoms with E-state index < -0.39 is 0 Å². The Labute approximate surface area is 172 Å². The van der Waals surface area contributed by atoms with Crippen LogP contribution in [0.1, 0.15) is 97.3 Å². The lowest BCUT2D eigenvalue weighted by atomic mass is 9.44. The van der Waals surface area contributed by atoms with Gasteiger partial charge in [0.25, 0.3) is 0 Å². The van der Waals surface area contributed by atoms with Gasteiger partial charge in [-0.2, -0.15) is 0 Å². The van der Waals surface area contributed by atoms with Gasteiger partial charge in [0.1, 0.15) is 5.78 Å². The van der Waals surface area contributed by atoms with Crippen LogP contribution in [0.25, 0.3) is 0 Å². The lowest BCUT2D eigenvalue weighted by molar-refractivity contribution is -0.140. The van der Waals surface area contributed by atoms with E-state index in [0.717, 1.165) is 49.2 Å². The number of ether oxygens (including phenoxy) is 1. The summed E-state index contributed by atoms with van der Waals surface area (Å²) < 4.78 is 5.55. The Morgan fingerprint density at radius 1 is 0.857 bits per heavy atom. The van der Waals surface area contributed by atoms with E-state index in [1.165, 1.54) is 77.0 Å². The quantitative estimate of drug-likeness (QED) is 0.559. The minimum atomic E-state index is 0.0469. The van der Waals surface area contributed by atoms with Crippen molar-refractivity contribution in [1.29, 1.82) is 0 Å². The normalized spacial score (nSPS) is 49.4. The number of fused-ring (bicyclic) bond motifs is 5. The minimum absolute atomic E-state index is 0.0469. The highest BCUT2D eigenvalue weighted by atomic mass is 16.5. The van der Waals surface area contributed by atoms with Gasteiger partial charge in [-0.15, -0.1) is 0 Å². The van der Waals surface area contributed by atoms with Gasteiger partial charge < -0.3 is 4.74 Å². The van der Waals surface area contributed by atoms with Crippen LogP contribution in [-0.2, 0) is 9.53 Å². The third-order valence-electron chi connectivity index (χ3n) is 10.8. The second kappa shape index (κ2) is 7.40. The van der Waals surface area contributed by atoms with Crippen molar-refractivity contribution >= 4 is 5.78 Å². The van der Waals surface area contributed by atoms with E-state index in [9.17, 15) is 4.79 Å². The Hall–Kier alpha value is -0.370. The number of carbonyl (C=O) groups excluding carboxylic acids is 1. The molecular formula is C26H42O2. The molecule has 7 atom stereocenters. The lowest BCUT2D eigenvalue weighted by Gasteiger charge is -2.60. The maximum atomic E-state index is 12.6. The lowest BCUT2D eigenvalue weighted by Crippen LogP contribution is -2.53. The van der Waals surface area contributed by atoms with Crippen LogP contribution in [0.15, 0.2) is 0 Å². The molecule has 4 aliphatic carbocycles. The number of hydrogen-bond acceptors (Lipinski definition) is 2. The molecule has 0 bridgehead atoms. The molecule has 158 valence electrons. The van der Waals surface area contributed by atoms with Gasteiger partial charge in [0, 0.05) is 25.0 Å². The highest BCUT2D eigenvalue weighted by Gasteiger charge is 2.60. The molecule has 4 unspecified atom stereocenters. The van der Waals surface area contributed by atoms with Crippen LogP contribution >= 0.6 is 0 Å². The molecule has 5 aliphatic rings. The summed E-state index contributed by atoms with van der Waals surface area (Å²) in [6, 6.07) is 0. The van der Waals surface area contributed by atoms with Gasteiger partial charge >= 0.3 is 0 Å². The van der Waals surface area contributed by atoms with Crippen molar-refractivity contribution in [3.8, 4) is 0 Å². The summed E-state index contributed by atoms with van der Waals surface area (Å²) in [6.07, 6.45) is 17.4. The van der Waals surface area contributed by atoms with Gasteiger partial charge in [0.05, 0.1) is 0 Å². The third-order valence-corrected chi connectivity index (χ3v) is 10.8. The van der Waals surface area contributed by atoms with E-state index in [1.807, 2.05) is 0 Å². The summed E-state index contributed by atoms with van der Waals surface area (Å²) >= 11 is 0. The first-order valence-corrected chi connectivity index (χ1v) is 12.6. The van der Waals surface area contributed by atoms with Gasteiger partial charge in [-0.25, -0.2) is 0 Å². The molecular weight excluding hydrogens is 344 g/mol. The first-order valence-electron chi connectivity index (χ1n) is 12.6. The Morgan fingerprint density at radius 2 is 1.64 bits per heavy atom. The van der Waals surface area contributed by atoms with Crippen LogP contribution in [-0.4, -0.2) is 19.0 Å². The van der Waals surface area contributed by atoms with Crippen molar-refractivity contribution in [3.63, 3.8) is 0 Å². The van der Waals surface area contributed by atoms with E-state index in [4.69, 9.17) is 4.74 Å². The molecule has 2 nitrogen and oxygen atoms in total. The standard InChI is InChI=1S/C26H42O2/c1-25-13-9-19(4-3-18-11-15-28-16-12-18)17-20(25)5-6-21-22-7-8-24(27)26(22,2)14-10-23(21)25/h18-23H,3-17H2,1-2H3/t19-,20?,21?,22?,23?,25-,26-/m0/s1. The summed E-state index contributed by atoms with van der Waals surface area (Å²) in [5.74, 6) is 5.96. The highest BCUT2D eigenvalue weighted by molar-refractivity contribution is 5.87. The Kier molecular flexibility index (Phi) is 5.17. The zero-order chi connectivity index (χ0) is 19.4. The fourth-order valence-electron chi connectivity index (χ4n) is 8.89. The molecule has 1 aliphatic heterocycles. The first kappa shape index (κ1) is 19.6. The highest BCUT2D eigenvalue weighted by Crippen LogP contribution is 2.66. The fraction of sp³-hybridized carbons (Fsp3) is 0.962. The van der Waals surface area contributed by atoms with Crippen molar-refractivity contribution in [2.45, 2.75) is 97.3 Å². The molecule has 1 saturated heterocycles. The zero-order valence-electron chi connectivity index (χ0n) is 18.4. The number of ketones is 1. The van der Waals surface area contributed by atoms with Gasteiger partial charge in [-0.1, -0.05) is 26.7 Å². The molecule has 0 radical (unpaired) electrons. The molecule has 0 N–H and O–H groups in total. The number of hydrogen-bond donors (Lipinski definition) is 0. The van der Waals surface area contributed by atoms with Crippen molar-refractivity contribution in [3.05, 3.63) is 0 Å². The number of rotatable bonds is 3. The summed E-state index contributed by atoms with van der Waals surface area (Å²) in [7, 11) is 0. The largest absolute Gasteiger partial charge is 0.381 e. The SMILES string of the molecule is C[C@]12CC[C@H](CCC3CCOCC3)CC1CCC1C2CC[C@]2(C)C(=O)CCC12. The smallest absolute Gasteiger partial charge is 0.139 e. The average Bonchev–Trinajstić information content (AvgIpc) is 3.02. The van der Waals surface area contributed by atoms with Crippen molar-refractivity contribution in [2.75, 3.05) is 13.2 Å². The van der Waals surface area contributed by atoms with Crippen molar-refractivity contribution in [1.82, 2.24) is 0 Å². The second-order valence-electron chi connectivity index (χ2n) is 11.8. The van der Waals surface area contributed by atoms with Gasteiger partial charge in [-0.05, 0) is 105 Å². The number of carbonyl (C=O) groups is 1. The Bertz CT molecular complexity index is 593. The molecule has 4 saturated carbocycles. The van der Waals surface area contributed by atoms with Gasteiger partial charge in [0.2, 0.25) is 0 Å². The molecule has 0 aromatic carbocycles. The van der Waals surface area contributed by atoms with E-state index in [0.29, 0.717) is 17.1 Å². The summed E-state index contributed by atoms with van der Waals surface area (Å²) in [4.78, 5) is 12.6. The van der Waals surface area contributed by atoms with E-state index in [2.05, 4.69) is 13.8 Å². The Balaban J connectivity index is 1.23. The predicted octanol–water partition coefficient (Wildman–Crippen LogP) is 6.42. The molecule has 0 aromatic heterocycles. The molecule has 0 amide bonds. The maximum absolute atomic E-state index is 12.6. The van der Waals surface area contributed by atoms with Crippen LogP contribution in [0.5, 0.6) is 0 Å². The maximum Gasteiger partial charge on any atom is 0.139 e. The Morgan fingerprint density at radius 3 is 2.46 bits per heavy atom. The number of Topliss-reactive ketones (excluding diaryl/α,β-unsaturated/α-hetero) is 1. The molecule has 0 spiro atoms. The van der Waals surface area contributed by atoms with Crippen molar-refractivity contribution in [2.24, 2.45) is 46.3 Å². The van der Waals surface area contributed by atoms with Crippen LogP contribution in [0.4, 0.5) is 0 Å². The van der Waals surface area contributed by atoms with E-state index in [1.54, 1.807) is 0 Å².